The Kier molecular flexibility index (Phi) is 5.58. The summed E-state index contributed by atoms with van der Waals surface area (Å²) in [6.07, 6.45) is 7.89. The van der Waals surface area contributed by atoms with Gasteiger partial charge in [-0.25, -0.2) is 0 Å². The molecule has 0 spiro atoms. The number of rotatable bonds is 4. The quantitative estimate of drug-likeness (QED) is 0.658. The maximum atomic E-state index is 13.7. The van der Waals surface area contributed by atoms with Crippen molar-refractivity contribution in [2.75, 3.05) is 25.0 Å². The van der Waals surface area contributed by atoms with Crippen LogP contribution in [0.4, 0.5) is 23.2 Å². The molecule has 3 nitrogen and oxygen atoms in total. The van der Waals surface area contributed by atoms with E-state index in [9.17, 15) is 17.6 Å². The molecule has 1 aliphatic heterocycles. The minimum absolute atomic E-state index is 0.196. The fourth-order valence-corrected chi connectivity index (χ4v) is 3.81. The molecule has 1 saturated carbocycles. The van der Waals surface area contributed by atoms with Crippen molar-refractivity contribution >= 4 is 5.69 Å². The topological polar surface area (TPSA) is 28.2 Å². The van der Waals surface area contributed by atoms with E-state index in [1.54, 1.807) is 0 Å². The van der Waals surface area contributed by atoms with Crippen molar-refractivity contribution in [2.45, 2.75) is 51.0 Å². The Balaban J connectivity index is 1.54. The first-order valence-corrected chi connectivity index (χ1v) is 8.73. The zero-order valence-electron chi connectivity index (χ0n) is 13.6. The number of halogens is 4. The average molecular weight is 345 g/mol. The lowest BCUT2D eigenvalue weighted by Gasteiger charge is -2.36. The maximum absolute atomic E-state index is 13.7. The molecule has 7 heteroatoms. The van der Waals surface area contributed by atoms with Crippen LogP contribution < -0.4 is 5.32 Å². The van der Waals surface area contributed by atoms with Gasteiger partial charge in [-0.15, -0.1) is 0 Å². The molecule has 0 aromatic carbocycles. The standard InChI is InChI=1S/C17H23F4N3/c18-13-15(14(19)17(21)23-16(13)20)22-12-6-8-24(9-7-12)10-11-4-2-1-3-5-11/h11-12H,1-10H2,(H,22,23). The Morgan fingerprint density at radius 1 is 0.875 bits per heavy atom. The smallest absolute Gasteiger partial charge is 0.253 e. The number of anilines is 1. The highest BCUT2D eigenvalue weighted by Crippen LogP contribution is 2.27. The number of nitrogens with one attached hydrogen (secondary N) is 1. The molecule has 3 rings (SSSR count). The summed E-state index contributed by atoms with van der Waals surface area (Å²) in [6, 6.07) is -0.196. The van der Waals surface area contributed by atoms with Gasteiger partial charge in [0, 0.05) is 25.7 Å². The highest BCUT2D eigenvalue weighted by atomic mass is 19.2. The summed E-state index contributed by atoms with van der Waals surface area (Å²) in [4.78, 5) is 4.96. The molecule has 1 aliphatic carbocycles. The molecule has 1 aromatic heterocycles. The molecular formula is C17H23F4N3. The van der Waals surface area contributed by atoms with E-state index in [0.717, 1.165) is 25.6 Å². The summed E-state index contributed by atoms with van der Waals surface area (Å²) in [5.41, 5.74) is -0.745. The molecule has 134 valence electrons. The van der Waals surface area contributed by atoms with E-state index >= 15 is 0 Å². The predicted octanol–water partition coefficient (Wildman–Crippen LogP) is 4.09. The van der Waals surface area contributed by atoms with Gasteiger partial charge in [0.2, 0.25) is 11.6 Å². The molecular weight excluding hydrogens is 322 g/mol. The third-order valence-corrected chi connectivity index (χ3v) is 5.17. The first-order chi connectivity index (χ1) is 11.5. The van der Waals surface area contributed by atoms with Gasteiger partial charge in [-0.2, -0.15) is 22.5 Å². The van der Waals surface area contributed by atoms with Crippen LogP contribution in [-0.2, 0) is 0 Å². The van der Waals surface area contributed by atoms with Crippen LogP contribution in [0.25, 0.3) is 0 Å². The van der Waals surface area contributed by atoms with Crippen LogP contribution in [0, 0.1) is 29.4 Å². The number of hydrogen-bond donors (Lipinski definition) is 1. The molecule has 0 atom stereocenters. The zero-order chi connectivity index (χ0) is 17.1. The predicted molar refractivity (Wildman–Crippen MR) is 83.7 cm³/mol. The van der Waals surface area contributed by atoms with Crippen LogP contribution in [0.15, 0.2) is 0 Å². The molecule has 0 radical (unpaired) electrons. The monoisotopic (exact) mass is 345 g/mol. The van der Waals surface area contributed by atoms with Crippen LogP contribution in [-0.4, -0.2) is 35.6 Å². The normalized spacial score (nSPS) is 21.2. The Labute approximate surface area is 139 Å². The van der Waals surface area contributed by atoms with Crippen LogP contribution >= 0.6 is 0 Å². The van der Waals surface area contributed by atoms with Crippen LogP contribution in [0.2, 0.25) is 0 Å². The van der Waals surface area contributed by atoms with E-state index in [4.69, 9.17) is 0 Å². The fourth-order valence-electron chi connectivity index (χ4n) is 3.81. The van der Waals surface area contributed by atoms with Gasteiger partial charge in [0.05, 0.1) is 0 Å². The summed E-state index contributed by atoms with van der Waals surface area (Å²) < 4.78 is 53.6. The van der Waals surface area contributed by atoms with Crippen molar-refractivity contribution in [3.05, 3.63) is 23.5 Å². The molecule has 1 N–H and O–H groups in total. The summed E-state index contributed by atoms with van der Waals surface area (Å²) in [7, 11) is 0. The maximum Gasteiger partial charge on any atom is 0.253 e. The van der Waals surface area contributed by atoms with Crippen molar-refractivity contribution in [2.24, 2.45) is 5.92 Å². The lowest BCUT2D eigenvalue weighted by Crippen LogP contribution is -2.41. The van der Waals surface area contributed by atoms with E-state index in [1.807, 2.05) is 0 Å². The van der Waals surface area contributed by atoms with Gasteiger partial charge in [0.15, 0.2) is 0 Å². The summed E-state index contributed by atoms with van der Waals surface area (Å²) in [5.74, 6) is -5.41. The molecule has 2 fully saturated rings. The largest absolute Gasteiger partial charge is 0.377 e. The minimum atomic E-state index is -1.62. The van der Waals surface area contributed by atoms with Crippen molar-refractivity contribution < 1.29 is 17.6 Å². The first kappa shape index (κ1) is 17.5. The Morgan fingerprint density at radius 3 is 2.04 bits per heavy atom. The number of hydrogen-bond acceptors (Lipinski definition) is 3. The second-order valence-electron chi connectivity index (χ2n) is 6.92. The van der Waals surface area contributed by atoms with Crippen molar-refractivity contribution in [1.29, 1.82) is 0 Å². The van der Waals surface area contributed by atoms with E-state index in [2.05, 4.69) is 15.2 Å². The first-order valence-electron chi connectivity index (χ1n) is 8.73. The average Bonchev–Trinajstić information content (AvgIpc) is 2.59. The Hall–Kier alpha value is -1.37. The van der Waals surface area contributed by atoms with Crippen LogP contribution in [0.1, 0.15) is 44.9 Å². The summed E-state index contributed by atoms with van der Waals surface area (Å²) in [5, 5.41) is 2.63. The number of nitrogens with zero attached hydrogens (tertiary/aromatic N) is 2. The third-order valence-electron chi connectivity index (χ3n) is 5.17. The number of piperidine rings is 1. The van der Waals surface area contributed by atoms with Crippen LogP contribution in [0.3, 0.4) is 0 Å². The summed E-state index contributed by atoms with van der Waals surface area (Å²) in [6.45, 7) is 2.73. The molecule has 2 aliphatic rings. The lowest BCUT2D eigenvalue weighted by molar-refractivity contribution is 0.168. The molecule has 0 amide bonds. The highest BCUT2D eigenvalue weighted by molar-refractivity contribution is 5.46. The van der Waals surface area contributed by atoms with Crippen LogP contribution in [0.5, 0.6) is 0 Å². The zero-order valence-corrected chi connectivity index (χ0v) is 13.6. The van der Waals surface area contributed by atoms with Gasteiger partial charge in [-0.05, 0) is 31.6 Å². The molecule has 0 bridgehead atoms. The van der Waals surface area contributed by atoms with Gasteiger partial charge >= 0.3 is 0 Å². The number of pyridine rings is 1. The second-order valence-corrected chi connectivity index (χ2v) is 6.92. The van der Waals surface area contributed by atoms with E-state index < -0.39 is 29.2 Å². The third kappa shape index (κ3) is 3.99. The number of aromatic nitrogens is 1. The molecule has 1 aromatic rings. The summed E-state index contributed by atoms with van der Waals surface area (Å²) >= 11 is 0. The number of likely N-dealkylation sites (tertiary alicyclic amines) is 1. The van der Waals surface area contributed by atoms with Gasteiger partial charge in [0.25, 0.3) is 11.9 Å². The molecule has 24 heavy (non-hydrogen) atoms. The van der Waals surface area contributed by atoms with Gasteiger partial charge in [0.1, 0.15) is 5.69 Å². The Bertz CT molecular complexity index is 541. The van der Waals surface area contributed by atoms with Crippen molar-refractivity contribution in [3.63, 3.8) is 0 Å². The van der Waals surface area contributed by atoms with E-state index in [1.165, 1.54) is 32.1 Å². The SMILES string of the molecule is Fc1nc(F)c(F)c(NC2CCN(CC3CCCCC3)CC2)c1F. The fraction of sp³-hybridized carbons (Fsp3) is 0.706. The van der Waals surface area contributed by atoms with Crippen molar-refractivity contribution in [3.8, 4) is 0 Å². The lowest BCUT2D eigenvalue weighted by atomic mass is 9.88. The highest BCUT2D eigenvalue weighted by Gasteiger charge is 2.26. The minimum Gasteiger partial charge on any atom is -0.377 e. The van der Waals surface area contributed by atoms with Gasteiger partial charge in [-0.1, -0.05) is 19.3 Å². The van der Waals surface area contributed by atoms with Crippen molar-refractivity contribution in [1.82, 2.24) is 9.88 Å². The second kappa shape index (κ2) is 7.68. The molecule has 0 unspecified atom stereocenters. The van der Waals surface area contributed by atoms with E-state index in [-0.39, 0.29) is 6.04 Å². The molecule has 1 saturated heterocycles. The Morgan fingerprint density at radius 2 is 1.46 bits per heavy atom. The van der Waals surface area contributed by atoms with E-state index in [0.29, 0.717) is 12.8 Å². The molecule has 2 heterocycles. The van der Waals surface area contributed by atoms with Gasteiger partial charge < -0.3 is 10.2 Å². The van der Waals surface area contributed by atoms with Gasteiger partial charge in [-0.3, -0.25) is 0 Å².